The molecule has 0 radical (unpaired) electrons. The molecule has 1 aromatic heterocycles. The lowest BCUT2D eigenvalue weighted by Crippen LogP contribution is -2.42. The van der Waals surface area contributed by atoms with Crippen molar-refractivity contribution in [2.75, 3.05) is 6.61 Å². The van der Waals surface area contributed by atoms with Gasteiger partial charge in [-0.15, -0.1) is 0 Å². The van der Waals surface area contributed by atoms with E-state index in [0.29, 0.717) is 11.0 Å². The van der Waals surface area contributed by atoms with Crippen molar-refractivity contribution in [3.05, 3.63) is 34.2 Å². The lowest BCUT2D eigenvalue weighted by Gasteiger charge is -2.09. The Hall–Kier alpha value is -2.12. The molecule has 1 atom stereocenters. The number of carbonyl (C=O) groups is 1. The quantitative estimate of drug-likeness (QED) is 0.467. The first-order chi connectivity index (χ1) is 8.60. The summed E-state index contributed by atoms with van der Waals surface area (Å²) in [6, 6.07) is 4.39. The van der Waals surface area contributed by atoms with E-state index in [1.807, 2.05) is 0 Å². The van der Waals surface area contributed by atoms with Gasteiger partial charge in [0.1, 0.15) is 6.04 Å². The molecule has 0 bridgehead atoms. The number of aliphatic hydroxyl groups is 1. The van der Waals surface area contributed by atoms with Crippen LogP contribution >= 0.6 is 0 Å². The Balaban J connectivity index is 2.08. The number of aromatic amines is 2. The van der Waals surface area contributed by atoms with Gasteiger partial charge in [-0.25, -0.2) is 4.79 Å². The summed E-state index contributed by atoms with van der Waals surface area (Å²) in [6.07, 6.45) is 0. The monoisotopic (exact) mass is 250 g/mol. The van der Waals surface area contributed by atoms with Crippen LogP contribution < -0.4 is 16.7 Å². The summed E-state index contributed by atoms with van der Waals surface area (Å²) in [4.78, 5) is 27.7. The highest BCUT2D eigenvalue weighted by Gasteiger charge is 2.11. The Bertz CT molecular complexity index is 616. The predicted molar refractivity (Wildman–Crippen MR) is 65.8 cm³/mol. The van der Waals surface area contributed by atoms with Gasteiger partial charge in [-0.3, -0.25) is 4.79 Å². The molecule has 0 fully saturated rings. The molecule has 0 spiro atoms. The highest BCUT2D eigenvalue weighted by Crippen LogP contribution is 2.09. The molecule has 7 nitrogen and oxygen atoms in total. The molecule has 0 aliphatic heterocycles. The number of amides is 1. The summed E-state index contributed by atoms with van der Waals surface area (Å²) in [5.41, 5.74) is 7.31. The van der Waals surface area contributed by atoms with Gasteiger partial charge in [0.2, 0.25) is 5.91 Å². The molecular formula is C11H14N4O3. The molecule has 0 aliphatic carbocycles. The average Bonchev–Trinajstić information content (AvgIpc) is 2.74. The van der Waals surface area contributed by atoms with E-state index in [4.69, 9.17) is 10.8 Å². The fourth-order valence-corrected chi connectivity index (χ4v) is 1.59. The number of fused-ring (bicyclic) bond motifs is 1. The zero-order valence-electron chi connectivity index (χ0n) is 9.56. The molecule has 18 heavy (non-hydrogen) atoms. The van der Waals surface area contributed by atoms with Crippen LogP contribution in [0.15, 0.2) is 23.0 Å². The largest absolute Gasteiger partial charge is 0.394 e. The predicted octanol–water partition coefficient (Wildman–Crippen LogP) is -1.21. The summed E-state index contributed by atoms with van der Waals surface area (Å²) < 4.78 is 0. The zero-order chi connectivity index (χ0) is 13.1. The minimum atomic E-state index is -0.916. The van der Waals surface area contributed by atoms with Crippen molar-refractivity contribution in [1.82, 2.24) is 15.3 Å². The summed E-state index contributed by atoms with van der Waals surface area (Å²) in [6.45, 7) is -0.105. The van der Waals surface area contributed by atoms with Gasteiger partial charge >= 0.3 is 5.69 Å². The number of hydrogen-bond acceptors (Lipinski definition) is 4. The van der Waals surface area contributed by atoms with Gasteiger partial charge in [0.05, 0.1) is 17.6 Å². The lowest BCUT2D eigenvalue weighted by atomic mass is 10.2. The first kappa shape index (κ1) is 12.3. The Morgan fingerprint density at radius 3 is 2.83 bits per heavy atom. The third-order valence-electron chi connectivity index (χ3n) is 2.58. The van der Waals surface area contributed by atoms with Crippen molar-refractivity contribution in [3.63, 3.8) is 0 Å². The topological polar surface area (TPSA) is 124 Å². The Kier molecular flexibility index (Phi) is 3.45. The van der Waals surface area contributed by atoms with Gasteiger partial charge in [0.25, 0.3) is 0 Å². The van der Waals surface area contributed by atoms with Crippen molar-refractivity contribution in [2.45, 2.75) is 12.6 Å². The molecule has 96 valence electrons. The minimum Gasteiger partial charge on any atom is -0.394 e. The standard InChI is InChI=1S/C11H14N4O3/c12-7(5-16)10(17)13-4-6-1-2-8-9(3-6)15-11(18)14-8/h1-3,7,16H,4-5,12H2,(H,13,17)(H2,14,15,18). The molecule has 1 heterocycles. The number of aliphatic hydroxyl groups excluding tert-OH is 1. The number of nitrogens with two attached hydrogens (primary N) is 1. The molecule has 1 amide bonds. The third-order valence-corrected chi connectivity index (χ3v) is 2.58. The maximum Gasteiger partial charge on any atom is 0.323 e. The van der Waals surface area contributed by atoms with Crippen LogP contribution in [-0.4, -0.2) is 33.6 Å². The second kappa shape index (κ2) is 5.03. The summed E-state index contributed by atoms with van der Waals surface area (Å²) >= 11 is 0. The first-order valence-corrected chi connectivity index (χ1v) is 5.45. The van der Waals surface area contributed by atoms with Crippen LogP contribution in [0, 0.1) is 0 Å². The maximum atomic E-state index is 11.4. The fourth-order valence-electron chi connectivity index (χ4n) is 1.59. The molecule has 0 saturated heterocycles. The number of carbonyl (C=O) groups excluding carboxylic acids is 1. The molecule has 1 aromatic carbocycles. The van der Waals surface area contributed by atoms with E-state index in [2.05, 4.69) is 15.3 Å². The highest BCUT2D eigenvalue weighted by atomic mass is 16.3. The van der Waals surface area contributed by atoms with Gasteiger partial charge in [0, 0.05) is 6.54 Å². The first-order valence-electron chi connectivity index (χ1n) is 5.45. The fraction of sp³-hybridized carbons (Fsp3) is 0.273. The highest BCUT2D eigenvalue weighted by molar-refractivity contribution is 5.81. The van der Waals surface area contributed by atoms with Crippen molar-refractivity contribution in [1.29, 1.82) is 0 Å². The second-order valence-corrected chi connectivity index (χ2v) is 3.97. The van der Waals surface area contributed by atoms with E-state index in [0.717, 1.165) is 5.56 Å². The molecule has 7 heteroatoms. The molecule has 0 aliphatic rings. The summed E-state index contributed by atoms with van der Waals surface area (Å²) in [5, 5.41) is 11.3. The van der Waals surface area contributed by atoms with Crippen molar-refractivity contribution < 1.29 is 9.90 Å². The van der Waals surface area contributed by atoms with Crippen LogP contribution in [-0.2, 0) is 11.3 Å². The van der Waals surface area contributed by atoms with Gasteiger partial charge in [-0.05, 0) is 17.7 Å². The molecule has 2 rings (SSSR count). The normalized spacial score (nSPS) is 12.6. The number of benzene rings is 1. The Labute approximate surface area is 102 Å². The lowest BCUT2D eigenvalue weighted by molar-refractivity contribution is -0.123. The Morgan fingerprint density at radius 2 is 2.11 bits per heavy atom. The number of rotatable bonds is 4. The maximum absolute atomic E-state index is 11.4. The van der Waals surface area contributed by atoms with Gasteiger partial charge in [-0.2, -0.15) is 0 Å². The van der Waals surface area contributed by atoms with E-state index in [-0.39, 0.29) is 12.2 Å². The van der Waals surface area contributed by atoms with Gasteiger partial charge in [-0.1, -0.05) is 6.07 Å². The smallest absolute Gasteiger partial charge is 0.323 e. The van der Waals surface area contributed by atoms with E-state index in [9.17, 15) is 9.59 Å². The summed E-state index contributed by atoms with van der Waals surface area (Å²) in [5.74, 6) is -0.417. The number of imidazole rings is 1. The van der Waals surface area contributed by atoms with Crippen LogP contribution in [0.1, 0.15) is 5.56 Å². The van der Waals surface area contributed by atoms with Gasteiger partial charge in [0.15, 0.2) is 0 Å². The number of aromatic nitrogens is 2. The third kappa shape index (κ3) is 2.58. The summed E-state index contributed by atoms with van der Waals surface area (Å²) in [7, 11) is 0. The van der Waals surface area contributed by atoms with Crippen LogP contribution in [0.3, 0.4) is 0 Å². The van der Waals surface area contributed by atoms with E-state index < -0.39 is 18.6 Å². The average molecular weight is 250 g/mol. The minimum absolute atomic E-state index is 0.270. The van der Waals surface area contributed by atoms with Gasteiger partial charge < -0.3 is 26.1 Å². The molecular weight excluding hydrogens is 236 g/mol. The van der Waals surface area contributed by atoms with Crippen molar-refractivity contribution >= 4 is 16.9 Å². The van der Waals surface area contributed by atoms with Crippen LogP contribution in [0.4, 0.5) is 0 Å². The van der Waals surface area contributed by atoms with Crippen molar-refractivity contribution in [3.8, 4) is 0 Å². The van der Waals surface area contributed by atoms with Crippen LogP contribution in [0.2, 0.25) is 0 Å². The molecule has 0 saturated carbocycles. The van der Waals surface area contributed by atoms with Crippen molar-refractivity contribution in [2.24, 2.45) is 5.73 Å². The molecule has 6 N–H and O–H groups in total. The van der Waals surface area contributed by atoms with E-state index >= 15 is 0 Å². The SMILES string of the molecule is NC(CO)C(=O)NCc1ccc2[nH]c(=O)[nH]c2c1. The molecule has 2 aromatic rings. The second-order valence-electron chi connectivity index (χ2n) is 3.97. The van der Waals surface area contributed by atoms with Crippen LogP contribution in [0.25, 0.3) is 11.0 Å². The Morgan fingerprint density at radius 1 is 1.39 bits per heavy atom. The number of H-pyrrole nitrogens is 2. The van der Waals surface area contributed by atoms with E-state index in [1.165, 1.54) is 0 Å². The number of hydrogen-bond donors (Lipinski definition) is 5. The van der Waals surface area contributed by atoms with Crippen LogP contribution in [0.5, 0.6) is 0 Å². The number of nitrogens with one attached hydrogen (secondary N) is 3. The molecule has 1 unspecified atom stereocenters. The zero-order valence-corrected chi connectivity index (χ0v) is 9.56. The van der Waals surface area contributed by atoms with E-state index in [1.54, 1.807) is 18.2 Å².